The highest BCUT2D eigenvalue weighted by Gasteiger charge is 2.51. The molecule has 3 heterocycles. The predicted molar refractivity (Wildman–Crippen MR) is 105 cm³/mol. The van der Waals surface area contributed by atoms with Crippen molar-refractivity contribution in [2.75, 3.05) is 11.1 Å². The Morgan fingerprint density at radius 1 is 1.26 bits per heavy atom. The number of carbonyl (C=O) groups is 1. The summed E-state index contributed by atoms with van der Waals surface area (Å²) >= 11 is 0. The maximum atomic E-state index is 12.5. The van der Waals surface area contributed by atoms with Gasteiger partial charge in [0.05, 0.1) is 5.69 Å². The summed E-state index contributed by atoms with van der Waals surface area (Å²) in [6, 6.07) is 5.79. The second-order valence-corrected chi connectivity index (χ2v) is 7.71. The monoisotopic (exact) mass is 359 g/mol. The lowest BCUT2D eigenvalue weighted by atomic mass is 10.1. The molecule has 3 aromatic heterocycles. The fraction of sp³-hybridized carbons (Fsp3) is 0.333. The van der Waals surface area contributed by atoms with Crippen molar-refractivity contribution in [3.05, 3.63) is 42.4 Å². The summed E-state index contributed by atoms with van der Waals surface area (Å²) in [5.74, 6) is 2.60. The topological polar surface area (TPSA) is 93.8 Å². The Kier molecular flexibility index (Phi) is 3.60. The maximum absolute atomic E-state index is 12.5. The van der Waals surface area contributed by atoms with Gasteiger partial charge in [-0.05, 0) is 67.2 Å². The molecule has 27 heavy (non-hydrogen) atoms. The van der Waals surface area contributed by atoms with Crippen molar-refractivity contribution in [1.82, 2.24) is 15.0 Å². The highest BCUT2D eigenvalue weighted by atomic mass is 16.2. The molecule has 0 aromatic carbocycles. The van der Waals surface area contributed by atoms with Crippen LogP contribution >= 0.6 is 0 Å². The molecule has 5 rings (SSSR count). The van der Waals surface area contributed by atoms with Crippen LogP contribution in [0.4, 0.5) is 11.6 Å². The molecule has 6 nitrogen and oxygen atoms in total. The molecule has 1 unspecified atom stereocenters. The number of aromatic nitrogens is 3. The van der Waals surface area contributed by atoms with E-state index in [0.29, 0.717) is 17.6 Å². The highest BCUT2D eigenvalue weighted by molar-refractivity contribution is 5.98. The van der Waals surface area contributed by atoms with Crippen LogP contribution in [0.5, 0.6) is 0 Å². The van der Waals surface area contributed by atoms with Crippen molar-refractivity contribution >= 4 is 28.3 Å². The Morgan fingerprint density at radius 3 is 2.89 bits per heavy atom. The molecule has 2 atom stereocenters. The summed E-state index contributed by atoms with van der Waals surface area (Å²) < 4.78 is 0. The van der Waals surface area contributed by atoms with Gasteiger partial charge >= 0.3 is 0 Å². The zero-order valence-corrected chi connectivity index (χ0v) is 15.1. The Balaban J connectivity index is 1.45. The fourth-order valence-electron chi connectivity index (χ4n) is 3.89. The number of hydrogen-bond acceptors (Lipinski definition) is 5. The molecule has 2 fully saturated rings. The van der Waals surface area contributed by atoms with E-state index < -0.39 is 0 Å². The van der Waals surface area contributed by atoms with E-state index in [1.54, 1.807) is 18.6 Å². The van der Waals surface area contributed by atoms with Gasteiger partial charge in [0.15, 0.2) is 0 Å². The van der Waals surface area contributed by atoms with Crippen molar-refractivity contribution in [3.8, 4) is 11.3 Å². The maximum Gasteiger partial charge on any atom is 0.228 e. The molecule has 0 saturated heterocycles. The van der Waals surface area contributed by atoms with Crippen molar-refractivity contribution in [1.29, 1.82) is 0 Å². The number of nitrogen functional groups attached to an aromatic ring is 1. The predicted octanol–water partition coefficient (Wildman–Crippen LogP) is 3.57. The van der Waals surface area contributed by atoms with Crippen LogP contribution in [0.1, 0.15) is 24.8 Å². The van der Waals surface area contributed by atoms with Crippen LogP contribution in [0.2, 0.25) is 0 Å². The minimum absolute atomic E-state index is 0.0871. The number of anilines is 2. The summed E-state index contributed by atoms with van der Waals surface area (Å²) in [6.45, 7) is 2.02. The lowest BCUT2D eigenvalue weighted by Crippen LogP contribution is -2.16. The molecular weight excluding hydrogens is 338 g/mol. The SMILES string of the molecule is Cc1ccncc1-c1cc2cc(NC(=O)C3C[C@@H]3C3CC3)ncc2c(N)n1. The van der Waals surface area contributed by atoms with E-state index in [-0.39, 0.29) is 11.8 Å². The van der Waals surface area contributed by atoms with Crippen LogP contribution in [-0.2, 0) is 4.79 Å². The van der Waals surface area contributed by atoms with Gasteiger partial charge in [-0.15, -0.1) is 0 Å². The van der Waals surface area contributed by atoms with E-state index in [9.17, 15) is 4.79 Å². The number of nitrogens with two attached hydrogens (primary N) is 1. The van der Waals surface area contributed by atoms with Gasteiger partial charge < -0.3 is 11.1 Å². The quantitative estimate of drug-likeness (QED) is 0.743. The van der Waals surface area contributed by atoms with E-state index in [0.717, 1.165) is 39.9 Å². The first-order valence-corrected chi connectivity index (χ1v) is 9.38. The third kappa shape index (κ3) is 3.01. The van der Waals surface area contributed by atoms with E-state index in [4.69, 9.17) is 5.73 Å². The van der Waals surface area contributed by atoms with Gasteiger partial charge in [0.1, 0.15) is 11.6 Å². The van der Waals surface area contributed by atoms with E-state index in [2.05, 4.69) is 20.3 Å². The molecular formula is C21H21N5O. The first kappa shape index (κ1) is 16.2. The first-order chi connectivity index (χ1) is 13.1. The Bertz CT molecular complexity index is 1060. The summed E-state index contributed by atoms with van der Waals surface area (Å²) in [7, 11) is 0. The van der Waals surface area contributed by atoms with Crippen LogP contribution in [-0.4, -0.2) is 20.9 Å². The number of pyridine rings is 3. The molecule has 0 radical (unpaired) electrons. The number of aryl methyl sites for hydroxylation is 1. The summed E-state index contributed by atoms with van der Waals surface area (Å²) in [5, 5.41) is 4.66. The second kappa shape index (κ2) is 6.01. The molecule has 3 aromatic rings. The van der Waals surface area contributed by atoms with E-state index in [1.165, 1.54) is 12.8 Å². The minimum atomic E-state index is 0.0871. The average molecular weight is 359 g/mol. The zero-order chi connectivity index (χ0) is 18.5. The molecule has 6 heteroatoms. The third-order valence-corrected chi connectivity index (χ3v) is 5.72. The number of nitrogens with zero attached hydrogens (tertiary/aromatic N) is 3. The lowest BCUT2D eigenvalue weighted by Gasteiger charge is -2.10. The van der Waals surface area contributed by atoms with Gasteiger partial charge in [-0.3, -0.25) is 9.78 Å². The molecule has 0 bridgehead atoms. The Hall–Kier alpha value is -3.02. The normalized spacial score (nSPS) is 21.2. The highest BCUT2D eigenvalue weighted by Crippen LogP contribution is 2.54. The zero-order valence-electron chi connectivity index (χ0n) is 15.1. The molecule has 3 N–H and O–H groups in total. The third-order valence-electron chi connectivity index (χ3n) is 5.72. The van der Waals surface area contributed by atoms with E-state index in [1.807, 2.05) is 25.1 Å². The van der Waals surface area contributed by atoms with Crippen LogP contribution in [0.3, 0.4) is 0 Å². The van der Waals surface area contributed by atoms with Crippen LogP contribution in [0.25, 0.3) is 22.0 Å². The first-order valence-electron chi connectivity index (χ1n) is 9.38. The Labute approximate surface area is 157 Å². The second-order valence-electron chi connectivity index (χ2n) is 7.71. The van der Waals surface area contributed by atoms with Crippen LogP contribution < -0.4 is 11.1 Å². The van der Waals surface area contributed by atoms with Crippen molar-refractivity contribution < 1.29 is 4.79 Å². The van der Waals surface area contributed by atoms with Crippen molar-refractivity contribution in [3.63, 3.8) is 0 Å². The summed E-state index contributed by atoms with van der Waals surface area (Å²) in [6.07, 6.45) is 8.81. The molecule has 2 aliphatic carbocycles. The van der Waals surface area contributed by atoms with Gasteiger partial charge in [0.2, 0.25) is 5.91 Å². The number of nitrogens with one attached hydrogen (secondary N) is 1. The lowest BCUT2D eigenvalue weighted by molar-refractivity contribution is -0.117. The molecule has 1 amide bonds. The molecule has 0 spiro atoms. The number of carbonyl (C=O) groups excluding carboxylic acids is 1. The molecule has 136 valence electrons. The van der Waals surface area contributed by atoms with Gasteiger partial charge in [0, 0.05) is 35.5 Å². The molecule has 2 aliphatic rings. The Morgan fingerprint density at radius 2 is 2.11 bits per heavy atom. The smallest absolute Gasteiger partial charge is 0.228 e. The standard InChI is InChI=1S/C21H21N5O/c1-11-4-5-23-9-16(11)18-6-13-7-19(24-10-17(13)20(22)25-18)26-21(27)15-8-14(15)12-2-3-12/h4-7,9-10,12,14-15H,2-3,8H2,1H3,(H2,22,25)(H,24,26,27)/t14-,15?/m1/s1. The van der Waals surface area contributed by atoms with Gasteiger partial charge in [-0.25, -0.2) is 9.97 Å². The number of amides is 1. The van der Waals surface area contributed by atoms with Gasteiger partial charge in [0.25, 0.3) is 0 Å². The molecule has 0 aliphatic heterocycles. The van der Waals surface area contributed by atoms with Gasteiger partial charge in [-0.2, -0.15) is 0 Å². The van der Waals surface area contributed by atoms with Crippen molar-refractivity contribution in [2.24, 2.45) is 17.8 Å². The number of rotatable bonds is 4. The van der Waals surface area contributed by atoms with Crippen molar-refractivity contribution in [2.45, 2.75) is 26.2 Å². The fourth-order valence-corrected chi connectivity index (χ4v) is 3.89. The minimum Gasteiger partial charge on any atom is -0.383 e. The number of hydrogen-bond donors (Lipinski definition) is 2. The van der Waals surface area contributed by atoms with E-state index >= 15 is 0 Å². The van der Waals surface area contributed by atoms with Crippen LogP contribution in [0, 0.1) is 24.7 Å². The largest absolute Gasteiger partial charge is 0.383 e. The summed E-state index contributed by atoms with van der Waals surface area (Å²) in [5.41, 5.74) is 8.95. The van der Waals surface area contributed by atoms with Gasteiger partial charge in [-0.1, -0.05) is 0 Å². The van der Waals surface area contributed by atoms with Crippen LogP contribution in [0.15, 0.2) is 36.8 Å². The summed E-state index contributed by atoms with van der Waals surface area (Å²) in [4.78, 5) is 25.5. The average Bonchev–Trinajstić information content (AvgIpc) is 3.54. The number of fused-ring (bicyclic) bond motifs is 1. The molecule has 2 saturated carbocycles.